The second-order valence-electron chi connectivity index (χ2n) is 5.45. The van der Waals surface area contributed by atoms with Crippen molar-refractivity contribution >= 4 is 11.7 Å². The Bertz CT molecular complexity index is 522. The molecule has 0 atom stereocenters. The number of ether oxygens (including phenoxy) is 1. The first-order chi connectivity index (χ1) is 9.69. The smallest absolute Gasteiger partial charge is 0.253 e. The van der Waals surface area contributed by atoms with Crippen LogP contribution in [0.5, 0.6) is 0 Å². The number of anilines is 1. The Kier molecular flexibility index (Phi) is 3.61. The van der Waals surface area contributed by atoms with E-state index in [2.05, 4.69) is 10.2 Å². The SMILES string of the molecule is CCOC1CCN(c2nc3c(cc2C)C(=O)NC3)CC1. The topological polar surface area (TPSA) is 54.5 Å². The molecule has 0 bridgehead atoms. The zero-order valence-corrected chi connectivity index (χ0v) is 12.1. The molecule has 0 saturated carbocycles. The van der Waals surface area contributed by atoms with Crippen LogP contribution in [0.2, 0.25) is 0 Å². The maximum atomic E-state index is 11.6. The number of aromatic nitrogens is 1. The van der Waals surface area contributed by atoms with E-state index in [0.717, 1.165) is 55.2 Å². The van der Waals surface area contributed by atoms with Crippen molar-refractivity contribution in [2.45, 2.75) is 39.3 Å². The van der Waals surface area contributed by atoms with Gasteiger partial charge >= 0.3 is 0 Å². The summed E-state index contributed by atoms with van der Waals surface area (Å²) < 4.78 is 5.68. The molecule has 1 aromatic heterocycles. The Labute approximate surface area is 119 Å². The van der Waals surface area contributed by atoms with E-state index >= 15 is 0 Å². The van der Waals surface area contributed by atoms with Crippen LogP contribution in [0, 0.1) is 6.92 Å². The highest BCUT2D eigenvalue weighted by Gasteiger charge is 2.26. The number of carbonyl (C=O) groups is 1. The van der Waals surface area contributed by atoms with Gasteiger partial charge in [-0.05, 0) is 38.3 Å². The highest BCUT2D eigenvalue weighted by molar-refractivity contribution is 5.98. The zero-order chi connectivity index (χ0) is 14.1. The van der Waals surface area contributed by atoms with Gasteiger partial charge in [0.15, 0.2) is 0 Å². The van der Waals surface area contributed by atoms with Crippen LogP contribution in [0.4, 0.5) is 5.82 Å². The molecule has 3 heterocycles. The van der Waals surface area contributed by atoms with Gasteiger partial charge in [-0.3, -0.25) is 4.79 Å². The van der Waals surface area contributed by atoms with Crippen molar-refractivity contribution in [3.8, 4) is 0 Å². The van der Waals surface area contributed by atoms with Crippen LogP contribution in [0.25, 0.3) is 0 Å². The first kappa shape index (κ1) is 13.4. The minimum Gasteiger partial charge on any atom is -0.378 e. The molecule has 5 heteroatoms. The molecule has 0 radical (unpaired) electrons. The van der Waals surface area contributed by atoms with Crippen molar-refractivity contribution in [2.24, 2.45) is 0 Å². The molecule has 0 aromatic carbocycles. The second-order valence-corrected chi connectivity index (χ2v) is 5.45. The maximum absolute atomic E-state index is 11.6. The van der Waals surface area contributed by atoms with Crippen molar-refractivity contribution in [3.63, 3.8) is 0 Å². The van der Waals surface area contributed by atoms with Gasteiger partial charge in [0.25, 0.3) is 5.91 Å². The number of pyridine rings is 1. The lowest BCUT2D eigenvalue weighted by molar-refractivity contribution is 0.0458. The minimum atomic E-state index is -0.00259. The number of carbonyl (C=O) groups excluding carboxylic acids is 1. The number of hydrogen-bond donors (Lipinski definition) is 1. The number of fused-ring (bicyclic) bond motifs is 1. The summed E-state index contributed by atoms with van der Waals surface area (Å²) in [5, 5.41) is 2.83. The lowest BCUT2D eigenvalue weighted by atomic mass is 10.1. The Balaban J connectivity index is 1.77. The van der Waals surface area contributed by atoms with Crippen LogP contribution in [0.3, 0.4) is 0 Å². The molecule has 1 saturated heterocycles. The van der Waals surface area contributed by atoms with Gasteiger partial charge in [0.2, 0.25) is 0 Å². The fourth-order valence-electron chi connectivity index (χ4n) is 3.02. The molecule has 1 fully saturated rings. The quantitative estimate of drug-likeness (QED) is 0.911. The summed E-state index contributed by atoms with van der Waals surface area (Å²) >= 11 is 0. The summed E-state index contributed by atoms with van der Waals surface area (Å²) in [5.74, 6) is 1.02. The number of amides is 1. The third-order valence-corrected chi connectivity index (χ3v) is 4.07. The fraction of sp³-hybridized carbons (Fsp3) is 0.600. The highest BCUT2D eigenvalue weighted by Crippen LogP contribution is 2.26. The molecular weight excluding hydrogens is 254 g/mol. The molecule has 3 rings (SSSR count). The molecule has 0 unspecified atom stereocenters. The van der Waals surface area contributed by atoms with Gasteiger partial charge in [0, 0.05) is 19.7 Å². The van der Waals surface area contributed by atoms with Gasteiger partial charge in [-0.2, -0.15) is 0 Å². The van der Waals surface area contributed by atoms with E-state index in [9.17, 15) is 4.79 Å². The first-order valence-electron chi connectivity index (χ1n) is 7.34. The largest absolute Gasteiger partial charge is 0.378 e. The van der Waals surface area contributed by atoms with E-state index in [0.29, 0.717) is 12.6 Å². The van der Waals surface area contributed by atoms with Crippen LogP contribution in [-0.4, -0.2) is 36.7 Å². The molecule has 1 N–H and O–H groups in total. The van der Waals surface area contributed by atoms with Gasteiger partial charge in [-0.25, -0.2) is 4.98 Å². The average Bonchev–Trinajstić information content (AvgIpc) is 2.80. The Morgan fingerprint density at radius 2 is 2.20 bits per heavy atom. The summed E-state index contributed by atoms with van der Waals surface area (Å²) in [6.07, 6.45) is 2.47. The molecular formula is C15H21N3O2. The van der Waals surface area contributed by atoms with Gasteiger partial charge in [0.1, 0.15) is 5.82 Å². The maximum Gasteiger partial charge on any atom is 0.253 e. The van der Waals surface area contributed by atoms with E-state index in [1.165, 1.54) is 0 Å². The minimum absolute atomic E-state index is 0.00259. The number of aryl methyl sites for hydroxylation is 1. The van der Waals surface area contributed by atoms with Gasteiger partial charge in [-0.1, -0.05) is 0 Å². The van der Waals surface area contributed by atoms with Crippen LogP contribution in [-0.2, 0) is 11.3 Å². The van der Waals surface area contributed by atoms with E-state index in [1.54, 1.807) is 0 Å². The van der Waals surface area contributed by atoms with Crippen molar-refractivity contribution < 1.29 is 9.53 Å². The van der Waals surface area contributed by atoms with Crippen molar-refractivity contribution in [3.05, 3.63) is 22.9 Å². The van der Waals surface area contributed by atoms with Crippen molar-refractivity contribution in [1.82, 2.24) is 10.3 Å². The first-order valence-corrected chi connectivity index (χ1v) is 7.34. The van der Waals surface area contributed by atoms with Crippen LogP contribution in [0.15, 0.2) is 6.07 Å². The molecule has 5 nitrogen and oxygen atoms in total. The second kappa shape index (κ2) is 5.40. The molecule has 0 aliphatic carbocycles. The van der Waals surface area contributed by atoms with Crippen molar-refractivity contribution in [2.75, 3.05) is 24.6 Å². The fourth-order valence-corrected chi connectivity index (χ4v) is 3.02. The zero-order valence-electron chi connectivity index (χ0n) is 12.1. The average molecular weight is 275 g/mol. The number of hydrogen-bond acceptors (Lipinski definition) is 4. The standard InChI is InChI=1S/C15H21N3O2/c1-3-20-11-4-6-18(7-5-11)14-10(2)8-12-13(17-14)9-16-15(12)19/h8,11H,3-7,9H2,1-2H3,(H,16,19). The Morgan fingerprint density at radius 3 is 2.90 bits per heavy atom. The molecule has 1 aromatic rings. The third kappa shape index (κ3) is 2.38. The number of rotatable bonds is 3. The van der Waals surface area contributed by atoms with E-state index in [1.807, 2.05) is 19.9 Å². The Hall–Kier alpha value is -1.62. The van der Waals surface area contributed by atoms with Gasteiger partial charge in [-0.15, -0.1) is 0 Å². The molecule has 20 heavy (non-hydrogen) atoms. The van der Waals surface area contributed by atoms with Gasteiger partial charge < -0.3 is 15.0 Å². The van der Waals surface area contributed by atoms with Gasteiger partial charge in [0.05, 0.1) is 23.9 Å². The molecule has 108 valence electrons. The summed E-state index contributed by atoms with van der Waals surface area (Å²) in [5.41, 5.74) is 2.69. The van der Waals surface area contributed by atoms with Crippen molar-refractivity contribution in [1.29, 1.82) is 0 Å². The number of nitrogens with zero attached hydrogens (tertiary/aromatic N) is 2. The predicted molar refractivity (Wildman–Crippen MR) is 77.0 cm³/mol. The van der Waals surface area contributed by atoms with Crippen LogP contribution >= 0.6 is 0 Å². The lowest BCUT2D eigenvalue weighted by Crippen LogP contribution is -2.38. The van der Waals surface area contributed by atoms with E-state index < -0.39 is 0 Å². The lowest BCUT2D eigenvalue weighted by Gasteiger charge is -2.33. The highest BCUT2D eigenvalue weighted by atomic mass is 16.5. The monoisotopic (exact) mass is 275 g/mol. The third-order valence-electron chi connectivity index (χ3n) is 4.07. The number of piperidine rings is 1. The molecule has 1 amide bonds. The number of nitrogens with one attached hydrogen (secondary N) is 1. The van der Waals surface area contributed by atoms with E-state index in [-0.39, 0.29) is 5.91 Å². The van der Waals surface area contributed by atoms with E-state index in [4.69, 9.17) is 9.72 Å². The molecule has 0 spiro atoms. The Morgan fingerprint density at radius 1 is 1.45 bits per heavy atom. The molecule has 2 aliphatic heterocycles. The molecule has 2 aliphatic rings. The predicted octanol–water partition coefficient (Wildman–Crippen LogP) is 1.64. The summed E-state index contributed by atoms with van der Waals surface area (Å²) in [6.45, 7) is 7.36. The summed E-state index contributed by atoms with van der Waals surface area (Å²) in [4.78, 5) is 18.7. The normalized spacial score (nSPS) is 19.1. The summed E-state index contributed by atoms with van der Waals surface area (Å²) in [6, 6.07) is 1.97. The summed E-state index contributed by atoms with van der Waals surface area (Å²) in [7, 11) is 0. The van der Waals surface area contributed by atoms with Crippen LogP contribution in [0.1, 0.15) is 41.4 Å². The van der Waals surface area contributed by atoms with Crippen LogP contribution < -0.4 is 10.2 Å².